The molecule has 0 fully saturated rings. The molecule has 52 heavy (non-hydrogen) atoms. The smallest absolute Gasteiger partial charge is 0.264 e. The highest BCUT2D eigenvalue weighted by Gasteiger charge is 2.24. The number of fused-ring (bicyclic) bond motifs is 2. The molecule has 0 radical (unpaired) electrons. The monoisotopic (exact) mass is 716 g/mol. The number of rotatable bonds is 13. The molecule has 7 rings (SSSR count). The minimum atomic E-state index is -4.02. The maximum atomic E-state index is 13.8. The lowest BCUT2D eigenvalue weighted by molar-refractivity contribution is 0.134. The van der Waals surface area contributed by atoms with Gasteiger partial charge in [0.1, 0.15) is 11.6 Å². The van der Waals surface area contributed by atoms with Gasteiger partial charge in [-0.05, 0) is 86.7 Å². The van der Waals surface area contributed by atoms with Crippen LogP contribution in [-0.4, -0.2) is 39.3 Å². The van der Waals surface area contributed by atoms with Gasteiger partial charge in [0.05, 0.1) is 39.3 Å². The lowest BCUT2D eigenvalue weighted by Crippen LogP contribution is -2.14. The number of para-hydroxylation sites is 2. The van der Waals surface area contributed by atoms with E-state index < -0.39 is 10.0 Å². The zero-order chi connectivity index (χ0) is 36.6. The standard InChI is InChI=1S/C41H44N6O4S/c1-7-9-18-38-43-39-26(3)21-30(40-42-34-15-11-12-16-35(34)46(40)6)23-36(39)47(38)24-29-19-20-32(31(22-29)25-50-8-2)33-14-10-13-17-37(33)52(48,49)45-41-27(4)28(5)44-51-41/h10-17,19-23,45H,7-9,18,24-25H2,1-6H3. The van der Waals surface area contributed by atoms with E-state index in [0.29, 0.717) is 36.6 Å². The zero-order valence-corrected chi connectivity index (χ0v) is 31.3. The summed E-state index contributed by atoms with van der Waals surface area (Å²) in [6.07, 6.45) is 2.95. The number of hydrogen-bond acceptors (Lipinski definition) is 7. The zero-order valence-electron chi connectivity index (χ0n) is 30.5. The number of aryl methyl sites for hydroxylation is 4. The van der Waals surface area contributed by atoms with Crippen molar-refractivity contribution < 1.29 is 17.7 Å². The fourth-order valence-corrected chi connectivity index (χ4v) is 8.08. The lowest BCUT2D eigenvalue weighted by Gasteiger charge is -2.17. The van der Waals surface area contributed by atoms with E-state index in [1.807, 2.05) is 43.3 Å². The first kappa shape index (κ1) is 35.2. The Morgan fingerprint density at radius 3 is 2.42 bits per heavy atom. The van der Waals surface area contributed by atoms with E-state index in [0.717, 1.165) is 80.8 Å². The summed E-state index contributed by atoms with van der Waals surface area (Å²) in [7, 11) is -1.95. The molecule has 11 heteroatoms. The molecular formula is C41H44N6O4S. The summed E-state index contributed by atoms with van der Waals surface area (Å²) in [5, 5.41) is 3.91. The number of nitrogens with one attached hydrogen (secondary N) is 1. The molecule has 0 aliphatic rings. The Balaban J connectivity index is 1.31. The van der Waals surface area contributed by atoms with Crippen molar-refractivity contribution >= 4 is 38.0 Å². The van der Waals surface area contributed by atoms with E-state index in [2.05, 4.69) is 70.2 Å². The predicted octanol–water partition coefficient (Wildman–Crippen LogP) is 8.90. The summed E-state index contributed by atoms with van der Waals surface area (Å²) in [4.78, 5) is 10.3. The third-order valence-corrected chi connectivity index (χ3v) is 11.1. The lowest BCUT2D eigenvalue weighted by atomic mass is 9.97. The van der Waals surface area contributed by atoms with Crippen LogP contribution in [0.15, 0.2) is 88.3 Å². The number of sulfonamides is 1. The van der Waals surface area contributed by atoms with Crippen molar-refractivity contribution in [3.63, 3.8) is 0 Å². The van der Waals surface area contributed by atoms with Gasteiger partial charge in [0.2, 0.25) is 5.88 Å². The number of ether oxygens (including phenoxy) is 1. The summed E-state index contributed by atoms with van der Waals surface area (Å²) in [5.74, 6) is 2.06. The van der Waals surface area contributed by atoms with Crippen molar-refractivity contribution in [1.82, 2.24) is 24.3 Å². The second-order valence-corrected chi connectivity index (χ2v) is 15.0. The molecule has 0 atom stereocenters. The molecule has 0 saturated carbocycles. The van der Waals surface area contributed by atoms with Crippen LogP contribution in [-0.2, 0) is 41.4 Å². The molecule has 4 aromatic carbocycles. The van der Waals surface area contributed by atoms with Gasteiger partial charge in [-0.3, -0.25) is 0 Å². The molecule has 10 nitrogen and oxygen atoms in total. The summed E-state index contributed by atoms with van der Waals surface area (Å²) >= 11 is 0. The molecule has 0 unspecified atom stereocenters. The minimum absolute atomic E-state index is 0.109. The van der Waals surface area contributed by atoms with Crippen molar-refractivity contribution in [3.05, 3.63) is 113 Å². The molecule has 0 amide bonds. The summed E-state index contributed by atoms with van der Waals surface area (Å²) < 4.78 is 45.9. The number of hydrogen-bond donors (Lipinski definition) is 1. The van der Waals surface area contributed by atoms with Crippen molar-refractivity contribution in [2.24, 2.45) is 7.05 Å². The minimum Gasteiger partial charge on any atom is -0.377 e. The van der Waals surface area contributed by atoms with Crippen LogP contribution in [0.4, 0.5) is 5.88 Å². The predicted molar refractivity (Wildman–Crippen MR) is 206 cm³/mol. The fourth-order valence-electron chi connectivity index (χ4n) is 6.81. The van der Waals surface area contributed by atoms with Crippen LogP contribution >= 0.6 is 0 Å². The Kier molecular flexibility index (Phi) is 9.73. The van der Waals surface area contributed by atoms with E-state index in [9.17, 15) is 8.42 Å². The highest BCUT2D eigenvalue weighted by molar-refractivity contribution is 7.92. The quantitative estimate of drug-likeness (QED) is 0.127. The van der Waals surface area contributed by atoms with Gasteiger partial charge < -0.3 is 18.4 Å². The third kappa shape index (κ3) is 6.62. The Hall–Kier alpha value is -5.26. The van der Waals surface area contributed by atoms with Gasteiger partial charge in [-0.2, -0.15) is 0 Å². The van der Waals surface area contributed by atoms with Crippen LogP contribution in [0, 0.1) is 20.8 Å². The summed E-state index contributed by atoms with van der Waals surface area (Å²) in [6.45, 7) is 11.2. The number of unbranched alkanes of at least 4 members (excludes halogenated alkanes) is 1. The Morgan fingerprint density at radius 2 is 1.67 bits per heavy atom. The Bertz CT molecular complexity index is 2530. The maximum Gasteiger partial charge on any atom is 0.264 e. The number of aromatic nitrogens is 5. The molecular weight excluding hydrogens is 673 g/mol. The van der Waals surface area contributed by atoms with Crippen LogP contribution in [0.1, 0.15) is 60.5 Å². The molecule has 0 saturated heterocycles. The first-order valence-corrected chi connectivity index (χ1v) is 19.2. The molecule has 7 aromatic rings. The average Bonchev–Trinajstić information content (AvgIpc) is 3.78. The number of imidazole rings is 2. The van der Waals surface area contributed by atoms with Crippen LogP contribution < -0.4 is 4.72 Å². The van der Waals surface area contributed by atoms with Gasteiger partial charge in [0.15, 0.2) is 0 Å². The summed E-state index contributed by atoms with van der Waals surface area (Å²) in [5.41, 5.74) is 10.8. The van der Waals surface area contributed by atoms with E-state index in [-0.39, 0.29) is 10.8 Å². The fraction of sp³-hybridized carbons (Fsp3) is 0.293. The third-order valence-electron chi connectivity index (χ3n) is 9.75. The van der Waals surface area contributed by atoms with Gasteiger partial charge >= 0.3 is 0 Å². The second kappa shape index (κ2) is 14.4. The van der Waals surface area contributed by atoms with Crippen LogP contribution in [0.5, 0.6) is 0 Å². The first-order valence-electron chi connectivity index (χ1n) is 17.8. The highest BCUT2D eigenvalue weighted by atomic mass is 32.2. The number of benzene rings is 4. The largest absolute Gasteiger partial charge is 0.377 e. The molecule has 268 valence electrons. The number of anilines is 1. The Morgan fingerprint density at radius 1 is 0.885 bits per heavy atom. The van der Waals surface area contributed by atoms with Crippen LogP contribution in [0.3, 0.4) is 0 Å². The van der Waals surface area contributed by atoms with Gasteiger partial charge in [0, 0.05) is 43.3 Å². The van der Waals surface area contributed by atoms with E-state index in [1.165, 1.54) is 0 Å². The first-order chi connectivity index (χ1) is 25.1. The Labute approximate surface area is 304 Å². The van der Waals surface area contributed by atoms with Gasteiger partial charge in [-0.25, -0.2) is 23.1 Å². The molecule has 0 aliphatic heterocycles. The van der Waals surface area contributed by atoms with Gasteiger partial charge in [-0.15, -0.1) is 0 Å². The molecule has 3 aromatic heterocycles. The van der Waals surface area contributed by atoms with E-state index in [1.54, 1.807) is 26.0 Å². The summed E-state index contributed by atoms with van der Waals surface area (Å²) in [6, 6.07) is 25.8. The van der Waals surface area contributed by atoms with Gasteiger partial charge in [-0.1, -0.05) is 67.0 Å². The van der Waals surface area contributed by atoms with E-state index in [4.69, 9.17) is 19.2 Å². The maximum absolute atomic E-state index is 13.8. The molecule has 0 spiro atoms. The normalized spacial score (nSPS) is 12.0. The van der Waals surface area contributed by atoms with Crippen molar-refractivity contribution in [3.8, 4) is 22.5 Å². The van der Waals surface area contributed by atoms with Crippen molar-refractivity contribution in [2.75, 3.05) is 11.3 Å². The molecule has 0 bridgehead atoms. The average molecular weight is 717 g/mol. The topological polar surface area (TPSA) is 117 Å². The highest BCUT2D eigenvalue weighted by Crippen LogP contribution is 2.35. The van der Waals surface area contributed by atoms with Crippen LogP contribution in [0.25, 0.3) is 44.6 Å². The van der Waals surface area contributed by atoms with E-state index >= 15 is 0 Å². The van der Waals surface area contributed by atoms with Crippen LogP contribution in [0.2, 0.25) is 0 Å². The number of nitrogens with zero attached hydrogens (tertiary/aromatic N) is 5. The second-order valence-electron chi connectivity index (χ2n) is 13.3. The van der Waals surface area contributed by atoms with Gasteiger partial charge in [0.25, 0.3) is 10.0 Å². The molecule has 0 aliphatic carbocycles. The molecule has 3 heterocycles. The molecule has 1 N–H and O–H groups in total. The van der Waals surface area contributed by atoms with Crippen molar-refractivity contribution in [2.45, 2.75) is 71.9 Å². The SMILES string of the molecule is CCCCc1nc2c(C)cc(-c3nc4ccccc4n3C)cc2n1Cc1ccc(-c2ccccc2S(=O)(=O)Nc2onc(C)c2C)c(COCC)c1. The van der Waals surface area contributed by atoms with Crippen molar-refractivity contribution in [1.29, 1.82) is 0 Å².